The minimum atomic E-state index is 0.671. The van der Waals surface area contributed by atoms with Gasteiger partial charge in [-0.05, 0) is 44.0 Å². The van der Waals surface area contributed by atoms with Crippen LogP contribution in [0.4, 0.5) is 5.69 Å². The van der Waals surface area contributed by atoms with Crippen LogP contribution >= 0.6 is 0 Å². The molecule has 90 valence electrons. The number of rotatable bonds is 6. The summed E-state index contributed by atoms with van der Waals surface area (Å²) in [5, 5.41) is 6.80. The van der Waals surface area contributed by atoms with E-state index in [9.17, 15) is 0 Å². The average molecular weight is 220 g/mol. The molecule has 0 saturated carbocycles. The van der Waals surface area contributed by atoms with Crippen LogP contribution in [0.2, 0.25) is 0 Å². The maximum Gasteiger partial charge on any atom is 0.0369 e. The van der Waals surface area contributed by atoms with E-state index in [2.05, 4.69) is 55.7 Å². The van der Waals surface area contributed by atoms with Gasteiger partial charge in [-0.2, -0.15) is 0 Å². The van der Waals surface area contributed by atoms with Gasteiger partial charge >= 0.3 is 0 Å². The van der Waals surface area contributed by atoms with Crippen LogP contribution in [-0.4, -0.2) is 20.1 Å². The van der Waals surface area contributed by atoms with Crippen molar-refractivity contribution >= 4 is 5.69 Å². The van der Waals surface area contributed by atoms with Crippen LogP contribution in [-0.2, 0) is 0 Å². The number of hydrogen-bond donors (Lipinski definition) is 2. The maximum absolute atomic E-state index is 3.54. The number of para-hydroxylation sites is 1. The second kappa shape index (κ2) is 6.54. The summed E-state index contributed by atoms with van der Waals surface area (Å²) >= 11 is 0. The molecular weight excluding hydrogens is 196 g/mol. The highest BCUT2D eigenvalue weighted by molar-refractivity contribution is 5.50. The smallest absolute Gasteiger partial charge is 0.0369 e. The van der Waals surface area contributed by atoms with Crippen molar-refractivity contribution in [1.82, 2.24) is 5.32 Å². The lowest BCUT2D eigenvalue weighted by atomic mass is 9.95. The Hall–Kier alpha value is -1.02. The Morgan fingerprint density at radius 2 is 1.81 bits per heavy atom. The van der Waals surface area contributed by atoms with Gasteiger partial charge in [-0.1, -0.05) is 32.0 Å². The molecule has 0 amide bonds. The SMILES string of the molecule is CNCC(CNc1ccccc1C)C(C)C. The summed E-state index contributed by atoms with van der Waals surface area (Å²) < 4.78 is 0. The fraction of sp³-hybridized carbons (Fsp3) is 0.571. The van der Waals surface area contributed by atoms with Crippen molar-refractivity contribution in [2.75, 3.05) is 25.5 Å². The number of anilines is 1. The molecule has 0 aliphatic rings. The molecule has 16 heavy (non-hydrogen) atoms. The van der Waals surface area contributed by atoms with Crippen molar-refractivity contribution in [3.63, 3.8) is 0 Å². The molecule has 0 fully saturated rings. The van der Waals surface area contributed by atoms with Gasteiger partial charge in [-0.3, -0.25) is 0 Å². The zero-order valence-electron chi connectivity index (χ0n) is 10.9. The minimum absolute atomic E-state index is 0.671. The van der Waals surface area contributed by atoms with Gasteiger partial charge in [-0.15, -0.1) is 0 Å². The first-order valence-electron chi connectivity index (χ1n) is 6.09. The molecule has 2 heteroatoms. The van der Waals surface area contributed by atoms with Crippen molar-refractivity contribution in [2.45, 2.75) is 20.8 Å². The van der Waals surface area contributed by atoms with E-state index in [-0.39, 0.29) is 0 Å². The Morgan fingerprint density at radius 3 is 2.38 bits per heavy atom. The molecule has 1 atom stereocenters. The van der Waals surface area contributed by atoms with Crippen molar-refractivity contribution in [3.8, 4) is 0 Å². The van der Waals surface area contributed by atoms with Gasteiger partial charge in [0.1, 0.15) is 0 Å². The molecule has 0 heterocycles. The highest BCUT2D eigenvalue weighted by Gasteiger charge is 2.12. The lowest BCUT2D eigenvalue weighted by molar-refractivity contribution is 0.390. The molecule has 1 aromatic rings. The monoisotopic (exact) mass is 220 g/mol. The highest BCUT2D eigenvalue weighted by atomic mass is 14.9. The molecule has 1 unspecified atom stereocenters. The lowest BCUT2D eigenvalue weighted by Crippen LogP contribution is -2.29. The van der Waals surface area contributed by atoms with Crippen LogP contribution in [0.5, 0.6) is 0 Å². The standard InChI is InChI=1S/C14H24N2/c1-11(2)13(9-15-4)10-16-14-8-6-5-7-12(14)3/h5-8,11,13,15-16H,9-10H2,1-4H3. The summed E-state index contributed by atoms with van der Waals surface area (Å²) in [5.74, 6) is 1.37. The summed E-state index contributed by atoms with van der Waals surface area (Å²) in [5.41, 5.74) is 2.57. The van der Waals surface area contributed by atoms with Crippen LogP contribution in [0.25, 0.3) is 0 Å². The number of benzene rings is 1. The number of aryl methyl sites for hydroxylation is 1. The molecule has 1 aromatic carbocycles. The Morgan fingerprint density at radius 1 is 1.12 bits per heavy atom. The third kappa shape index (κ3) is 3.86. The van der Waals surface area contributed by atoms with Gasteiger partial charge in [0.05, 0.1) is 0 Å². The van der Waals surface area contributed by atoms with E-state index in [0.717, 1.165) is 13.1 Å². The second-order valence-corrected chi connectivity index (χ2v) is 4.76. The first-order valence-corrected chi connectivity index (χ1v) is 6.09. The first-order chi connectivity index (χ1) is 7.65. The number of nitrogens with one attached hydrogen (secondary N) is 2. The maximum atomic E-state index is 3.54. The van der Waals surface area contributed by atoms with Crippen LogP contribution < -0.4 is 10.6 Å². The van der Waals surface area contributed by atoms with Gasteiger partial charge in [0.15, 0.2) is 0 Å². The molecule has 0 saturated heterocycles. The van der Waals surface area contributed by atoms with Crippen molar-refractivity contribution in [3.05, 3.63) is 29.8 Å². The zero-order chi connectivity index (χ0) is 12.0. The predicted molar refractivity (Wildman–Crippen MR) is 71.9 cm³/mol. The zero-order valence-corrected chi connectivity index (χ0v) is 10.9. The van der Waals surface area contributed by atoms with E-state index in [1.807, 2.05) is 7.05 Å². The van der Waals surface area contributed by atoms with E-state index >= 15 is 0 Å². The van der Waals surface area contributed by atoms with E-state index in [4.69, 9.17) is 0 Å². The van der Waals surface area contributed by atoms with Crippen molar-refractivity contribution < 1.29 is 0 Å². The van der Waals surface area contributed by atoms with Crippen LogP contribution in [0.1, 0.15) is 19.4 Å². The Bertz CT molecular complexity index is 307. The topological polar surface area (TPSA) is 24.1 Å². The quantitative estimate of drug-likeness (QED) is 0.770. The Kier molecular flexibility index (Phi) is 5.33. The molecule has 0 aromatic heterocycles. The molecule has 0 aliphatic heterocycles. The molecule has 1 rings (SSSR count). The molecule has 0 aliphatic carbocycles. The fourth-order valence-corrected chi connectivity index (χ4v) is 1.82. The fourth-order valence-electron chi connectivity index (χ4n) is 1.82. The van der Waals surface area contributed by atoms with Crippen molar-refractivity contribution in [1.29, 1.82) is 0 Å². The van der Waals surface area contributed by atoms with Crippen LogP contribution in [0, 0.1) is 18.8 Å². The molecule has 2 N–H and O–H groups in total. The molecular formula is C14H24N2. The Balaban J connectivity index is 2.52. The second-order valence-electron chi connectivity index (χ2n) is 4.76. The van der Waals surface area contributed by atoms with E-state index in [1.165, 1.54) is 11.3 Å². The summed E-state index contributed by atoms with van der Waals surface area (Å²) in [4.78, 5) is 0. The molecule has 0 bridgehead atoms. The predicted octanol–water partition coefficient (Wildman–Crippen LogP) is 2.90. The summed E-state index contributed by atoms with van der Waals surface area (Å²) in [6.45, 7) is 8.80. The van der Waals surface area contributed by atoms with Crippen LogP contribution in [0.3, 0.4) is 0 Å². The largest absolute Gasteiger partial charge is 0.384 e. The molecule has 0 spiro atoms. The molecule has 0 radical (unpaired) electrons. The third-order valence-electron chi connectivity index (χ3n) is 3.11. The third-order valence-corrected chi connectivity index (χ3v) is 3.11. The minimum Gasteiger partial charge on any atom is -0.384 e. The lowest BCUT2D eigenvalue weighted by Gasteiger charge is -2.22. The Labute approximate surface area is 99.5 Å². The normalized spacial score (nSPS) is 12.8. The van der Waals surface area contributed by atoms with Gasteiger partial charge in [0.2, 0.25) is 0 Å². The number of hydrogen-bond acceptors (Lipinski definition) is 2. The van der Waals surface area contributed by atoms with Crippen LogP contribution in [0.15, 0.2) is 24.3 Å². The van der Waals surface area contributed by atoms with E-state index in [0.29, 0.717) is 11.8 Å². The first kappa shape index (κ1) is 13.0. The van der Waals surface area contributed by atoms with Gasteiger partial charge in [0, 0.05) is 12.2 Å². The average Bonchev–Trinajstić information content (AvgIpc) is 2.26. The van der Waals surface area contributed by atoms with Gasteiger partial charge in [-0.25, -0.2) is 0 Å². The van der Waals surface area contributed by atoms with E-state index in [1.54, 1.807) is 0 Å². The van der Waals surface area contributed by atoms with E-state index < -0.39 is 0 Å². The summed E-state index contributed by atoms with van der Waals surface area (Å²) in [6.07, 6.45) is 0. The van der Waals surface area contributed by atoms with Crippen molar-refractivity contribution in [2.24, 2.45) is 11.8 Å². The summed E-state index contributed by atoms with van der Waals surface area (Å²) in [7, 11) is 2.02. The van der Waals surface area contributed by atoms with Gasteiger partial charge in [0.25, 0.3) is 0 Å². The van der Waals surface area contributed by atoms with Gasteiger partial charge < -0.3 is 10.6 Å². The summed E-state index contributed by atoms with van der Waals surface area (Å²) in [6, 6.07) is 8.45. The highest BCUT2D eigenvalue weighted by Crippen LogP contribution is 2.16. The molecule has 2 nitrogen and oxygen atoms in total.